The smallest absolute Gasteiger partial charge is 0.262 e. The minimum Gasteiger partial charge on any atom is -0.484 e. The molecule has 1 aliphatic heterocycles. The molecule has 3 rings (SSSR count). The van der Waals surface area contributed by atoms with Gasteiger partial charge in [-0.3, -0.25) is 4.79 Å². The summed E-state index contributed by atoms with van der Waals surface area (Å²) in [4.78, 5) is 14.4. The van der Waals surface area contributed by atoms with Crippen LogP contribution in [0.25, 0.3) is 0 Å². The van der Waals surface area contributed by atoms with Crippen molar-refractivity contribution in [3.05, 3.63) is 54.1 Å². The predicted molar refractivity (Wildman–Crippen MR) is 102 cm³/mol. The second-order valence-electron chi connectivity index (χ2n) is 6.87. The molecule has 25 heavy (non-hydrogen) atoms. The monoisotopic (exact) mass is 338 g/mol. The Morgan fingerprint density at radius 1 is 1.08 bits per heavy atom. The fourth-order valence-electron chi connectivity index (χ4n) is 3.00. The van der Waals surface area contributed by atoms with E-state index in [4.69, 9.17) is 4.74 Å². The van der Waals surface area contributed by atoms with Gasteiger partial charge in [0.25, 0.3) is 5.91 Å². The number of nitrogens with one attached hydrogen (secondary N) is 1. The standard InChI is InChI=1S/C21H26N2O2/c1-16-3-9-20(10-4-16)25-15-21(24)22-18-5-7-19(8-6-18)23-13-11-17(2)12-14-23/h3-10,17H,11-15H2,1-2H3,(H,22,24). The molecule has 0 spiro atoms. The Morgan fingerprint density at radius 3 is 2.36 bits per heavy atom. The number of nitrogens with zero attached hydrogens (tertiary/aromatic N) is 1. The summed E-state index contributed by atoms with van der Waals surface area (Å²) in [6, 6.07) is 15.7. The molecule has 0 saturated carbocycles. The molecule has 2 aromatic carbocycles. The average molecular weight is 338 g/mol. The number of amides is 1. The molecule has 1 amide bonds. The quantitative estimate of drug-likeness (QED) is 0.886. The van der Waals surface area contributed by atoms with Crippen LogP contribution in [-0.4, -0.2) is 25.6 Å². The van der Waals surface area contributed by atoms with E-state index < -0.39 is 0 Å². The van der Waals surface area contributed by atoms with E-state index in [1.165, 1.54) is 24.1 Å². The maximum atomic E-state index is 12.0. The number of piperidine rings is 1. The summed E-state index contributed by atoms with van der Waals surface area (Å²) in [5.41, 5.74) is 3.19. The van der Waals surface area contributed by atoms with Crippen LogP contribution in [0.4, 0.5) is 11.4 Å². The van der Waals surface area contributed by atoms with Gasteiger partial charge in [-0.15, -0.1) is 0 Å². The van der Waals surface area contributed by atoms with Gasteiger partial charge in [-0.05, 0) is 62.1 Å². The van der Waals surface area contributed by atoms with Gasteiger partial charge in [0.2, 0.25) is 0 Å². The molecule has 1 saturated heterocycles. The molecule has 1 aliphatic rings. The zero-order valence-corrected chi connectivity index (χ0v) is 15.0. The van der Waals surface area contributed by atoms with Crippen LogP contribution in [0, 0.1) is 12.8 Å². The van der Waals surface area contributed by atoms with Crippen LogP contribution in [0.1, 0.15) is 25.3 Å². The molecule has 132 valence electrons. The number of ether oxygens (including phenoxy) is 1. The number of hydrogen-bond donors (Lipinski definition) is 1. The second kappa shape index (κ2) is 8.06. The third-order valence-electron chi connectivity index (χ3n) is 4.69. The van der Waals surface area contributed by atoms with Crippen molar-refractivity contribution >= 4 is 17.3 Å². The summed E-state index contributed by atoms with van der Waals surface area (Å²) in [5, 5.41) is 2.88. The molecular weight excluding hydrogens is 312 g/mol. The molecule has 4 heteroatoms. The zero-order valence-electron chi connectivity index (χ0n) is 15.0. The van der Waals surface area contributed by atoms with E-state index in [0.717, 1.165) is 24.7 Å². The predicted octanol–water partition coefficient (Wildman–Crippen LogP) is 4.25. The first-order valence-electron chi connectivity index (χ1n) is 8.94. The normalized spacial score (nSPS) is 15.0. The SMILES string of the molecule is Cc1ccc(OCC(=O)Nc2ccc(N3CCC(C)CC3)cc2)cc1. The average Bonchev–Trinajstić information content (AvgIpc) is 2.63. The van der Waals surface area contributed by atoms with E-state index in [1.54, 1.807) is 0 Å². The van der Waals surface area contributed by atoms with E-state index >= 15 is 0 Å². The van der Waals surface area contributed by atoms with E-state index in [0.29, 0.717) is 5.75 Å². The molecule has 4 nitrogen and oxygen atoms in total. The Bertz CT molecular complexity index is 687. The minimum absolute atomic E-state index is 0.00876. The lowest BCUT2D eigenvalue weighted by atomic mass is 9.99. The van der Waals surface area contributed by atoms with Crippen LogP contribution in [0.2, 0.25) is 0 Å². The molecular formula is C21H26N2O2. The summed E-state index contributed by atoms with van der Waals surface area (Å²) in [6.45, 7) is 6.56. The Morgan fingerprint density at radius 2 is 1.72 bits per heavy atom. The van der Waals surface area contributed by atoms with E-state index in [2.05, 4.69) is 29.3 Å². The Balaban J connectivity index is 1.49. The van der Waals surface area contributed by atoms with Crippen LogP contribution in [0.3, 0.4) is 0 Å². The van der Waals surface area contributed by atoms with Crippen molar-refractivity contribution in [2.45, 2.75) is 26.7 Å². The molecule has 0 aromatic heterocycles. The van der Waals surface area contributed by atoms with Gasteiger partial charge in [0.05, 0.1) is 0 Å². The summed E-state index contributed by atoms with van der Waals surface area (Å²) in [7, 11) is 0. The first-order valence-corrected chi connectivity index (χ1v) is 8.94. The topological polar surface area (TPSA) is 41.6 Å². The number of benzene rings is 2. The lowest BCUT2D eigenvalue weighted by Gasteiger charge is -2.32. The summed E-state index contributed by atoms with van der Waals surface area (Å²) >= 11 is 0. The van der Waals surface area contributed by atoms with Crippen LogP contribution >= 0.6 is 0 Å². The number of anilines is 2. The molecule has 0 bridgehead atoms. The van der Waals surface area contributed by atoms with Crippen LogP contribution in [-0.2, 0) is 4.79 Å². The fraction of sp³-hybridized carbons (Fsp3) is 0.381. The molecule has 0 aliphatic carbocycles. The van der Waals surface area contributed by atoms with Crippen molar-refractivity contribution in [3.63, 3.8) is 0 Å². The van der Waals surface area contributed by atoms with Crippen molar-refractivity contribution in [2.24, 2.45) is 5.92 Å². The van der Waals surface area contributed by atoms with Crippen molar-refractivity contribution in [1.82, 2.24) is 0 Å². The van der Waals surface area contributed by atoms with Crippen molar-refractivity contribution in [3.8, 4) is 5.75 Å². The Labute approximate surface area is 149 Å². The highest BCUT2D eigenvalue weighted by Crippen LogP contribution is 2.24. The summed E-state index contributed by atoms with van der Waals surface area (Å²) in [5.74, 6) is 1.37. The largest absolute Gasteiger partial charge is 0.484 e. The zero-order chi connectivity index (χ0) is 17.6. The van der Waals surface area contributed by atoms with Crippen LogP contribution in [0.15, 0.2) is 48.5 Å². The van der Waals surface area contributed by atoms with Crippen molar-refractivity contribution in [2.75, 3.05) is 29.9 Å². The Hall–Kier alpha value is -2.49. The highest BCUT2D eigenvalue weighted by Gasteiger charge is 2.15. The lowest BCUT2D eigenvalue weighted by molar-refractivity contribution is -0.118. The first kappa shape index (κ1) is 17.3. The van der Waals surface area contributed by atoms with Gasteiger partial charge in [-0.1, -0.05) is 24.6 Å². The summed E-state index contributed by atoms with van der Waals surface area (Å²) < 4.78 is 5.50. The van der Waals surface area contributed by atoms with Gasteiger partial charge >= 0.3 is 0 Å². The second-order valence-corrected chi connectivity index (χ2v) is 6.87. The van der Waals surface area contributed by atoms with Crippen molar-refractivity contribution < 1.29 is 9.53 Å². The molecule has 0 unspecified atom stereocenters. The number of carbonyl (C=O) groups is 1. The van der Waals surface area contributed by atoms with Gasteiger partial charge in [-0.2, -0.15) is 0 Å². The maximum Gasteiger partial charge on any atom is 0.262 e. The lowest BCUT2D eigenvalue weighted by Crippen LogP contribution is -2.32. The van der Waals surface area contributed by atoms with E-state index in [-0.39, 0.29) is 12.5 Å². The van der Waals surface area contributed by atoms with E-state index in [9.17, 15) is 4.79 Å². The van der Waals surface area contributed by atoms with Crippen LogP contribution < -0.4 is 15.0 Å². The first-order chi connectivity index (χ1) is 12.1. The summed E-state index contributed by atoms with van der Waals surface area (Å²) in [6.07, 6.45) is 2.49. The third-order valence-corrected chi connectivity index (χ3v) is 4.69. The number of rotatable bonds is 5. The highest BCUT2D eigenvalue weighted by atomic mass is 16.5. The fourth-order valence-corrected chi connectivity index (χ4v) is 3.00. The number of carbonyl (C=O) groups excluding carboxylic acids is 1. The van der Waals surface area contributed by atoms with Gasteiger partial charge in [0.15, 0.2) is 6.61 Å². The molecule has 0 radical (unpaired) electrons. The van der Waals surface area contributed by atoms with Crippen LogP contribution in [0.5, 0.6) is 5.75 Å². The maximum absolute atomic E-state index is 12.0. The van der Waals surface area contributed by atoms with Gasteiger partial charge in [0.1, 0.15) is 5.75 Å². The van der Waals surface area contributed by atoms with E-state index in [1.807, 2.05) is 43.3 Å². The number of aryl methyl sites for hydroxylation is 1. The van der Waals surface area contributed by atoms with Gasteiger partial charge < -0.3 is 15.0 Å². The molecule has 2 aromatic rings. The molecule has 1 N–H and O–H groups in total. The molecule has 1 heterocycles. The Kier molecular flexibility index (Phi) is 5.59. The van der Waals surface area contributed by atoms with Crippen molar-refractivity contribution in [1.29, 1.82) is 0 Å². The van der Waals surface area contributed by atoms with Gasteiger partial charge in [0, 0.05) is 24.5 Å². The number of hydrogen-bond acceptors (Lipinski definition) is 3. The minimum atomic E-state index is -0.153. The molecule has 1 fully saturated rings. The highest BCUT2D eigenvalue weighted by molar-refractivity contribution is 5.92. The van der Waals surface area contributed by atoms with Gasteiger partial charge in [-0.25, -0.2) is 0 Å². The third kappa shape index (κ3) is 4.99. The molecule has 0 atom stereocenters.